The molecule has 0 amide bonds. The predicted octanol–water partition coefficient (Wildman–Crippen LogP) is 10.9. The summed E-state index contributed by atoms with van der Waals surface area (Å²) in [5.41, 5.74) is 3.93. The minimum atomic E-state index is -0.392. The summed E-state index contributed by atoms with van der Waals surface area (Å²) >= 11 is 0. The van der Waals surface area contributed by atoms with Gasteiger partial charge in [-0.2, -0.15) is 0 Å². The molecule has 6 heteroatoms. The number of esters is 2. The first-order valence-corrected chi connectivity index (χ1v) is 20.2. The molecule has 1 aromatic rings. The molecule has 6 nitrogen and oxygen atoms in total. The maximum Gasteiger partial charge on any atom is 0.311 e. The molecule has 0 spiro atoms. The van der Waals surface area contributed by atoms with E-state index >= 15 is 0 Å². The zero-order chi connectivity index (χ0) is 36.0. The summed E-state index contributed by atoms with van der Waals surface area (Å²) in [7, 11) is 0. The lowest BCUT2D eigenvalue weighted by Crippen LogP contribution is -2.37. The van der Waals surface area contributed by atoms with Crippen molar-refractivity contribution in [2.75, 3.05) is 26.2 Å². The molecule has 2 aliphatic heterocycles. The number of benzene rings is 1. The van der Waals surface area contributed by atoms with E-state index in [2.05, 4.69) is 53.4 Å². The first kappa shape index (κ1) is 41.3. The topological polar surface area (TPSA) is 65.1 Å². The van der Waals surface area contributed by atoms with E-state index < -0.39 is 5.97 Å². The molecule has 1 aromatic carbocycles. The number of likely N-dealkylation sites (tertiary alicyclic amines) is 1. The highest BCUT2D eigenvalue weighted by molar-refractivity contribution is 5.80. The van der Waals surface area contributed by atoms with Crippen LogP contribution in [0.2, 0.25) is 0 Å². The van der Waals surface area contributed by atoms with Gasteiger partial charge in [-0.15, -0.1) is 0 Å². The van der Waals surface area contributed by atoms with E-state index in [4.69, 9.17) is 14.2 Å². The van der Waals surface area contributed by atoms with Gasteiger partial charge in [-0.1, -0.05) is 92.4 Å². The van der Waals surface area contributed by atoms with Gasteiger partial charge < -0.3 is 14.2 Å². The summed E-state index contributed by atoms with van der Waals surface area (Å²) in [5, 5.41) is 0. The molecule has 1 fully saturated rings. The van der Waals surface area contributed by atoms with Crippen LogP contribution in [0.3, 0.4) is 0 Å². The number of hydrogen-bond donors (Lipinski definition) is 0. The fourth-order valence-electron chi connectivity index (χ4n) is 8.05. The summed E-state index contributed by atoms with van der Waals surface area (Å²) in [4.78, 5) is 27.6. The van der Waals surface area contributed by atoms with Gasteiger partial charge in [0.05, 0.1) is 12.8 Å². The Morgan fingerprint density at radius 1 is 0.857 bits per heavy atom. The van der Waals surface area contributed by atoms with Crippen LogP contribution in [0.25, 0.3) is 0 Å². The number of hydrogen-bond acceptors (Lipinski definition) is 6. The Bertz CT molecular complexity index is 1170. The lowest BCUT2D eigenvalue weighted by Gasteiger charge is -2.38. The number of rotatable bonds is 21. The normalized spacial score (nSPS) is 19.7. The van der Waals surface area contributed by atoms with Crippen LogP contribution in [-0.4, -0.2) is 48.7 Å². The van der Waals surface area contributed by atoms with E-state index in [-0.39, 0.29) is 24.4 Å². The van der Waals surface area contributed by atoms with Gasteiger partial charge in [0.25, 0.3) is 0 Å². The molecule has 3 unspecified atom stereocenters. The average molecular weight is 684 g/mol. The summed E-state index contributed by atoms with van der Waals surface area (Å²) in [6, 6.07) is 0. The molecule has 0 N–H and O–H groups in total. The minimum Gasteiger partial charge on any atom is -0.487 e. The Morgan fingerprint density at radius 2 is 1.47 bits per heavy atom. The molecule has 2 heterocycles. The van der Waals surface area contributed by atoms with E-state index in [1.807, 2.05) is 13.8 Å². The minimum absolute atomic E-state index is 0.0145. The lowest BCUT2D eigenvalue weighted by molar-refractivity contribution is -0.147. The molecule has 280 valence electrons. The summed E-state index contributed by atoms with van der Waals surface area (Å²) in [6.45, 7) is 23.4. The van der Waals surface area contributed by atoms with E-state index in [9.17, 15) is 9.59 Å². The first-order valence-electron chi connectivity index (χ1n) is 20.2. The summed E-state index contributed by atoms with van der Waals surface area (Å²) in [5.74, 6) is 4.14. The second-order valence-corrected chi connectivity index (χ2v) is 16.7. The van der Waals surface area contributed by atoms with Gasteiger partial charge in [0, 0.05) is 12.1 Å². The zero-order valence-electron chi connectivity index (χ0n) is 33.1. The third-order valence-corrected chi connectivity index (χ3v) is 11.7. The average Bonchev–Trinajstić information content (AvgIpc) is 3.05. The van der Waals surface area contributed by atoms with Gasteiger partial charge >= 0.3 is 11.9 Å². The molecule has 0 aliphatic carbocycles. The highest BCUT2D eigenvalue weighted by atomic mass is 16.5. The van der Waals surface area contributed by atoms with Gasteiger partial charge in [-0.25, -0.2) is 0 Å². The van der Waals surface area contributed by atoms with Crippen LogP contribution in [-0.2, 0) is 20.7 Å². The number of nitrogens with zero attached hydrogens (tertiary/aromatic N) is 1. The molecular weight excluding hydrogens is 610 g/mol. The van der Waals surface area contributed by atoms with Crippen LogP contribution in [0.1, 0.15) is 167 Å². The van der Waals surface area contributed by atoms with Crippen LogP contribution < -0.4 is 9.47 Å². The third-order valence-electron chi connectivity index (χ3n) is 11.7. The Kier molecular flexibility index (Phi) is 17.5. The smallest absolute Gasteiger partial charge is 0.311 e. The van der Waals surface area contributed by atoms with Crippen LogP contribution in [0.15, 0.2) is 0 Å². The Morgan fingerprint density at radius 3 is 2.10 bits per heavy atom. The number of piperidine rings is 1. The van der Waals surface area contributed by atoms with Crippen LogP contribution in [0.4, 0.5) is 0 Å². The summed E-state index contributed by atoms with van der Waals surface area (Å²) < 4.78 is 18.2. The SMILES string of the molecule is CCCC1CCN(CCOC(=O)CCC(=O)Oc2c(C)c(C)c3c(c2C)CCC(C)(CCCC(C)CCCC(C)CCCC(C)C)O3)CC1. The lowest BCUT2D eigenvalue weighted by atomic mass is 9.83. The molecule has 0 saturated carbocycles. The third kappa shape index (κ3) is 13.9. The van der Waals surface area contributed by atoms with Crippen molar-refractivity contribution in [2.24, 2.45) is 23.7 Å². The number of fused-ring (bicyclic) bond motifs is 1. The molecular formula is C43H73NO5. The highest BCUT2D eigenvalue weighted by Crippen LogP contribution is 2.45. The summed E-state index contributed by atoms with van der Waals surface area (Å²) in [6.07, 6.45) is 18.6. The van der Waals surface area contributed by atoms with Gasteiger partial charge in [-0.3, -0.25) is 14.5 Å². The van der Waals surface area contributed by atoms with Gasteiger partial charge in [0.15, 0.2) is 0 Å². The maximum absolute atomic E-state index is 12.9. The Balaban J connectivity index is 1.40. The molecule has 0 aromatic heterocycles. The van der Waals surface area contributed by atoms with Gasteiger partial charge in [-0.05, 0) is 120 Å². The van der Waals surface area contributed by atoms with E-state index in [0.717, 1.165) is 90.6 Å². The second kappa shape index (κ2) is 20.7. The van der Waals surface area contributed by atoms with Crippen molar-refractivity contribution in [3.63, 3.8) is 0 Å². The van der Waals surface area contributed by atoms with Crippen LogP contribution in [0, 0.1) is 44.4 Å². The molecule has 49 heavy (non-hydrogen) atoms. The highest BCUT2D eigenvalue weighted by Gasteiger charge is 2.35. The van der Waals surface area contributed by atoms with Crippen LogP contribution in [0.5, 0.6) is 11.5 Å². The fraction of sp³-hybridized carbons (Fsp3) is 0.814. The predicted molar refractivity (Wildman–Crippen MR) is 203 cm³/mol. The van der Waals surface area contributed by atoms with Crippen molar-refractivity contribution in [3.8, 4) is 11.5 Å². The molecule has 2 aliphatic rings. The van der Waals surface area contributed by atoms with E-state index in [1.165, 1.54) is 77.0 Å². The largest absolute Gasteiger partial charge is 0.487 e. The molecule has 0 radical (unpaired) electrons. The number of ether oxygens (including phenoxy) is 3. The van der Waals surface area contributed by atoms with Crippen molar-refractivity contribution < 1.29 is 23.8 Å². The maximum atomic E-state index is 12.9. The molecule has 3 rings (SSSR count). The van der Waals surface area contributed by atoms with Crippen molar-refractivity contribution in [1.82, 2.24) is 4.90 Å². The van der Waals surface area contributed by atoms with E-state index in [1.54, 1.807) is 0 Å². The number of carbonyl (C=O) groups is 2. The van der Waals surface area contributed by atoms with Crippen molar-refractivity contribution in [3.05, 3.63) is 22.3 Å². The zero-order valence-corrected chi connectivity index (χ0v) is 33.1. The molecule has 3 atom stereocenters. The number of carbonyl (C=O) groups excluding carboxylic acids is 2. The first-order chi connectivity index (χ1) is 23.3. The van der Waals surface area contributed by atoms with Crippen molar-refractivity contribution in [2.45, 2.75) is 177 Å². The van der Waals surface area contributed by atoms with Crippen LogP contribution >= 0.6 is 0 Å². The van der Waals surface area contributed by atoms with Gasteiger partial charge in [0.1, 0.15) is 23.7 Å². The van der Waals surface area contributed by atoms with Gasteiger partial charge in [0.2, 0.25) is 0 Å². The standard InChI is InChI=1S/C43H73NO5/c1-10-14-37-23-27-44(28-24-37)29-30-47-39(45)20-21-40(46)48-41-34(6)35(7)42-38(36(41)8)22-26-43(9,49-42)25-13-19-33(5)18-12-17-32(4)16-11-15-31(2)3/h31-33,37H,10-30H2,1-9H3. The quantitative estimate of drug-likeness (QED) is 0.0949. The van der Waals surface area contributed by atoms with E-state index in [0.29, 0.717) is 12.4 Å². The Labute approximate surface area is 300 Å². The monoisotopic (exact) mass is 684 g/mol. The molecule has 1 saturated heterocycles. The fourth-order valence-corrected chi connectivity index (χ4v) is 8.05. The van der Waals surface area contributed by atoms with Crippen molar-refractivity contribution in [1.29, 1.82) is 0 Å². The second-order valence-electron chi connectivity index (χ2n) is 16.7. The molecule has 0 bridgehead atoms. The Hall–Kier alpha value is -2.08. The van der Waals surface area contributed by atoms with Crippen molar-refractivity contribution >= 4 is 11.9 Å².